The standard InChI is InChI=1S/C26H23NO5/c1-16-9-7-8-12-19(16)27-23(18-13-14-20(31-2)21(15-18)32-3)22(25(29)26(27)30)24(28)17-10-5-4-6-11-17/h4-15,23,28H,1-3H3/b24-22+. The monoisotopic (exact) mass is 429 g/mol. The number of carbonyl (C=O) groups is 2. The van der Waals surface area contributed by atoms with Gasteiger partial charge >= 0.3 is 0 Å². The lowest BCUT2D eigenvalue weighted by Crippen LogP contribution is -2.30. The van der Waals surface area contributed by atoms with Crippen LogP contribution in [-0.4, -0.2) is 31.0 Å². The Morgan fingerprint density at radius 1 is 0.875 bits per heavy atom. The molecule has 0 spiro atoms. The van der Waals surface area contributed by atoms with Crippen LogP contribution in [0.5, 0.6) is 11.5 Å². The molecule has 1 unspecified atom stereocenters. The summed E-state index contributed by atoms with van der Waals surface area (Å²) in [5.74, 6) is -0.682. The zero-order chi connectivity index (χ0) is 22.8. The second-order valence-corrected chi connectivity index (χ2v) is 7.44. The topological polar surface area (TPSA) is 76.1 Å². The molecule has 32 heavy (non-hydrogen) atoms. The van der Waals surface area contributed by atoms with Crippen LogP contribution in [0.1, 0.15) is 22.7 Å². The molecule has 1 atom stereocenters. The van der Waals surface area contributed by atoms with Crippen LogP contribution < -0.4 is 14.4 Å². The summed E-state index contributed by atoms with van der Waals surface area (Å²) in [5.41, 5.74) is 2.53. The summed E-state index contributed by atoms with van der Waals surface area (Å²) in [5, 5.41) is 11.1. The number of rotatable bonds is 5. The van der Waals surface area contributed by atoms with Gasteiger partial charge in [0.15, 0.2) is 11.5 Å². The molecule has 0 aliphatic carbocycles. The Kier molecular flexibility index (Phi) is 5.69. The number of ether oxygens (including phenoxy) is 2. The van der Waals surface area contributed by atoms with Gasteiger partial charge in [0.1, 0.15) is 5.76 Å². The second-order valence-electron chi connectivity index (χ2n) is 7.44. The van der Waals surface area contributed by atoms with Crippen LogP contribution in [0.25, 0.3) is 5.76 Å². The largest absolute Gasteiger partial charge is 0.507 e. The quantitative estimate of drug-likeness (QED) is 0.363. The summed E-state index contributed by atoms with van der Waals surface area (Å²) < 4.78 is 10.8. The van der Waals surface area contributed by atoms with Crippen LogP contribution in [0.3, 0.4) is 0 Å². The molecule has 3 aromatic carbocycles. The van der Waals surface area contributed by atoms with E-state index in [2.05, 4.69) is 0 Å². The first-order valence-electron chi connectivity index (χ1n) is 10.1. The van der Waals surface area contributed by atoms with E-state index < -0.39 is 17.7 Å². The number of para-hydroxylation sites is 1. The number of ketones is 1. The molecule has 0 radical (unpaired) electrons. The molecular weight excluding hydrogens is 406 g/mol. The number of nitrogens with zero attached hydrogens (tertiary/aromatic N) is 1. The number of anilines is 1. The average molecular weight is 429 g/mol. The zero-order valence-corrected chi connectivity index (χ0v) is 18.0. The van der Waals surface area contributed by atoms with Crippen molar-refractivity contribution in [1.29, 1.82) is 0 Å². The van der Waals surface area contributed by atoms with E-state index in [9.17, 15) is 14.7 Å². The van der Waals surface area contributed by atoms with E-state index in [1.165, 1.54) is 19.1 Å². The summed E-state index contributed by atoms with van der Waals surface area (Å²) in [6.07, 6.45) is 0. The number of hydrogen-bond donors (Lipinski definition) is 1. The van der Waals surface area contributed by atoms with Gasteiger partial charge in [-0.25, -0.2) is 0 Å². The molecule has 0 aromatic heterocycles. The minimum absolute atomic E-state index is 0.0247. The summed E-state index contributed by atoms with van der Waals surface area (Å²) in [7, 11) is 3.05. The third-order valence-corrected chi connectivity index (χ3v) is 5.59. The Hall–Kier alpha value is -4.06. The summed E-state index contributed by atoms with van der Waals surface area (Å²) in [6.45, 7) is 1.87. The molecule has 1 aliphatic rings. The molecule has 1 N–H and O–H groups in total. The minimum atomic E-state index is -0.837. The number of aliphatic hydroxyl groups is 1. The van der Waals surface area contributed by atoms with Gasteiger partial charge in [0, 0.05) is 11.3 Å². The highest BCUT2D eigenvalue weighted by atomic mass is 16.5. The molecule has 1 heterocycles. The lowest BCUT2D eigenvalue weighted by Gasteiger charge is -2.27. The fraction of sp³-hybridized carbons (Fsp3) is 0.154. The number of Topliss-reactive ketones (excluding diaryl/α,β-unsaturated/α-hetero) is 1. The van der Waals surface area contributed by atoms with Gasteiger partial charge in [-0.3, -0.25) is 14.5 Å². The summed E-state index contributed by atoms with van der Waals surface area (Å²) in [4.78, 5) is 27.9. The Morgan fingerprint density at radius 2 is 1.53 bits per heavy atom. The van der Waals surface area contributed by atoms with Crippen LogP contribution in [0.2, 0.25) is 0 Å². The van der Waals surface area contributed by atoms with Gasteiger partial charge < -0.3 is 14.6 Å². The van der Waals surface area contributed by atoms with E-state index >= 15 is 0 Å². The van der Waals surface area contributed by atoms with Crippen molar-refractivity contribution in [2.24, 2.45) is 0 Å². The van der Waals surface area contributed by atoms with Gasteiger partial charge in [0.2, 0.25) is 0 Å². The maximum atomic E-state index is 13.2. The van der Waals surface area contributed by atoms with Crippen LogP contribution in [0.4, 0.5) is 5.69 Å². The van der Waals surface area contributed by atoms with Crippen LogP contribution in [-0.2, 0) is 9.59 Å². The van der Waals surface area contributed by atoms with Gasteiger partial charge in [0.25, 0.3) is 11.7 Å². The first-order chi connectivity index (χ1) is 15.5. The highest BCUT2D eigenvalue weighted by Crippen LogP contribution is 2.44. The van der Waals surface area contributed by atoms with Crippen molar-refractivity contribution in [2.45, 2.75) is 13.0 Å². The van der Waals surface area contributed by atoms with E-state index in [1.807, 2.05) is 31.2 Å². The summed E-state index contributed by atoms with van der Waals surface area (Å²) in [6, 6.07) is 20.4. The number of methoxy groups -OCH3 is 2. The number of aryl methyl sites for hydroxylation is 1. The first-order valence-corrected chi connectivity index (χ1v) is 10.1. The predicted octanol–water partition coefficient (Wildman–Crippen LogP) is 4.64. The van der Waals surface area contributed by atoms with Crippen LogP contribution in [0.15, 0.2) is 78.4 Å². The highest BCUT2D eigenvalue weighted by molar-refractivity contribution is 6.51. The number of aliphatic hydroxyl groups excluding tert-OH is 1. The molecule has 6 nitrogen and oxygen atoms in total. The normalized spacial score (nSPS) is 17.5. The lowest BCUT2D eigenvalue weighted by atomic mass is 9.94. The van der Waals surface area contributed by atoms with Crippen molar-refractivity contribution >= 4 is 23.1 Å². The molecule has 3 aromatic rings. The predicted molar refractivity (Wildman–Crippen MR) is 122 cm³/mol. The minimum Gasteiger partial charge on any atom is -0.507 e. The van der Waals surface area contributed by atoms with E-state index in [0.717, 1.165) is 5.56 Å². The van der Waals surface area contributed by atoms with E-state index in [0.29, 0.717) is 28.3 Å². The molecule has 4 rings (SSSR count). The third kappa shape index (κ3) is 3.50. The Labute approximate surface area is 186 Å². The first kappa shape index (κ1) is 21.2. The molecule has 1 fully saturated rings. The zero-order valence-electron chi connectivity index (χ0n) is 18.0. The fourth-order valence-electron chi connectivity index (χ4n) is 4.00. The van der Waals surface area contributed by atoms with Crippen molar-refractivity contribution in [3.8, 4) is 11.5 Å². The fourth-order valence-corrected chi connectivity index (χ4v) is 4.00. The maximum absolute atomic E-state index is 13.2. The van der Waals surface area contributed by atoms with Gasteiger partial charge in [-0.15, -0.1) is 0 Å². The third-order valence-electron chi connectivity index (χ3n) is 5.59. The van der Waals surface area contributed by atoms with Gasteiger partial charge in [-0.05, 0) is 36.2 Å². The van der Waals surface area contributed by atoms with Crippen molar-refractivity contribution < 1.29 is 24.2 Å². The molecular formula is C26H23NO5. The number of carbonyl (C=O) groups excluding carboxylic acids is 2. The van der Waals surface area contributed by atoms with Crippen LogP contribution in [0, 0.1) is 6.92 Å². The van der Waals surface area contributed by atoms with Crippen molar-refractivity contribution in [3.05, 3.63) is 95.1 Å². The van der Waals surface area contributed by atoms with E-state index in [1.54, 1.807) is 48.5 Å². The Morgan fingerprint density at radius 3 is 2.19 bits per heavy atom. The van der Waals surface area contributed by atoms with Crippen molar-refractivity contribution in [3.63, 3.8) is 0 Å². The smallest absolute Gasteiger partial charge is 0.300 e. The van der Waals surface area contributed by atoms with Crippen molar-refractivity contribution in [1.82, 2.24) is 0 Å². The summed E-state index contributed by atoms with van der Waals surface area (Å²) >= 11 is 0. The number of amides is 1. The van der Waals surface area contributed by atoms with E-state index in [4.69, 9.17) is 9.47 Å². The van der Waals surface area contributed by atoms with Gasteiger partial charge in [-0.2, -0.15) is 0 Å². The number of hydrogen-bond acceptors (Lipinski definition) is 5. The Balaban J connectivity index is 1.99. The molecule has 0 saturated carbocycles. The average Bonchev–Trinajstić information content (AvgIpc) is 3.09. The molecule has 0 bridgehead atoms. The maximum Gasteiger partial charge on any atom is 0.300 e. The molecule has 1 amide bonds. The highest BCUT2D eigenvalue weighted by Gasteiger charge is 2.47. The van der Waals surface area contributed by atoms with Gasteiger partial charge in [0.05, 0.1) is 25.8 Å². The molecule has 1 aliphatic heterocycles. The molecule has 162 valence electrons. The Bertz CT molecular complexity index is 1220. The van der Waals surface area contributed by atoms with Crippen molar-refractivity contribution in [2.75, 3.05) is 19.1 Å². The van der Waals surface area contributed by atoms with Gasteiger partial charge in [-0.1, -0.05) is 54.6 Å². The van der Waals surface area contributed by atoms with Crippen LogP contribution >= 0.6 is 0 Å². The lowest BCUT2D eigenvalue weighted by molar-refractivity contribution is -0.132. The van der Waals surface area contributed by atoms with E-state index in [-0.39, 0.29) is 11.3 Å². The number of benzene rings is 3. The second kappa shape index (κ2) is 8.59. The molecule has 1 saturated heterocycles. The molecule has 6 heteroatoms. The SMILES string of the molecule is COc1ccc(C2/C(=C(\O)c3ccccc3)C(=O)C(=O)N2c2ccccc2C)cc1OC.